The van der Waals surface area contributed by atoms with E-state index in [1.165, 1.54) is 24.1 Å². The van der Waals surface area contributed by atoms with Crippen LogP contribution >= 0.6 is 12.4 Å². The van der Waals surface area contributed by atoms with Gasteiger partial charge in [-0.2, -0.15) is 0 Å². The van der Waals surface area contributed by atoms with Gasteiger partial charge in [-0.25, -0.2) is 0 Å². The molecule has 0 bridgehead atoms. The van der Waals surface area contributed by atoms with E-state index in [1.54, 1.807) is 0 Å². The average molecular weight is 271 g/mol. The molecular formula is C14H23ClN2O. The average Bonchev–Trinajstić information content (AvgIpc) is 2.83. The Morgan fingerprint density at radius 3 is 2.56 bits per heavy atom. The number of ether oxygens (including phenoxy) is 1. The van der Waals surface area contributed by atoms with Crippen molar-refractivity contribution in [3.05, 3.63) is 29.8 Å². The van der Waals surface area contributed by atoms with E-state index in [9.17, 15) is 0 Å². The summed E-state index contributed by atoms with van der Waals surface area (Å²) in [5, 5.41) is 3.45. The van der Waals surface area contributed by atoms with Gasteiger partial charge in [0.1, 0.15) is 0 Å². The largest absolute Gasteiger partial charge is 0.378 e. The highest BCUT2D eigenvalue weighted by Crippen LogP contribution is 2.13. The Morgan fingerprint density at radius 1 is 1.28 bits per heavy atom. The molecule has 1 fully saturated rings. The molecule has 0 spiro atoms. The smallest absolute Gasteiger partial charge is 0.0700 e. The summed E-state index contributed by atoms with van der Waals surface area (Å²) >= 11 is 0. The lowest BCUT2D eigenvalue weighted by Crippen LogP contribution is -2.25. The molecule has 1 N–H and O–H groups in total. The van der Waals surface area contributed by atoms with E-state index in [0.717, 1.165) is 19.7 Å². The van der Waals surface area contributed by atoms with Crippen LogP contribution in [-0.2, 0) is 11.3 Å². The van der Waals surface area contributed by atoms with Crippen molar-refractivity contribution in [2.45, 2.75) is 25.5 Å². The minimum absolute atomic E-state index is 0. The first-order chi connectivity index (χ1) is 8.25. The maximum absolute atomic E-state index is 5.57. The first-order valence-electron chi connectivity index (χ1n) is 6.34. The van der Waals surface area contributed by atoms with Crippen LogP contribution in [0.4, 0.5) is 5.69 Å². The third kappa shape index (κ3) is 4.48. The van der Waals surface area contributed by atoms with Crippen LogP contribution in [0.3, 0.4) is 0 Å². The standard InChI is InChI=1S/C14H22N2O.ClH/c1-16(2)13-7-5-12(6-8-13)10-15-11-14-4-3-9-17-14;/h5-8,14-15H,3-4,9-11H2,1-2H3;1H. The molecular weight excluding hydrogens is 248 g/mol. The second-order valence-corrected chi connectivity index (χ2v) is 4.83. The summed E-state index contributed by atoms with van der Waals surface area (Å²) in [7, 11) is 4.12. The molecule has 2 rings (SSSR count). The monoisotopic (exact) mass is 270 g/mol. The number of nitrogens with zero attached hydrogens (tertiary/aromatic N) is 1. The lowest BCUT2D eigenvalue weighted by molar-refractivity contribution is 0.110. The van der Waals surface area contributed by atoms with Crippen LogP contribution in [0.1, 0.15) is 18.4 Å². The first-order valence-corrected chi connectivity index (χ1v) is 6.34. The molecule has 3 nitrogen and oxygen atoms in total. The van der Waals surface area contributed by atoms with Crippen LogP contribution in [0, 0.1) is 0 Å². The minimum atomic E-state index is 0. The summed E-state index contributed by atoms with van der Waals surface area (Å²) in [6.45, 7) is 2.83. The summed E-state index contributed by atoms with van der Waals surface area (Å²) in [6, 6.07) is 8.67. The Kier molecular flexibility index (Phi) is 6.47. The van der Waals surface area contributed by atoms with Gasteiger partial charge in [0.15, 0.2) is 0 Å². The molecule has 0 radical (unpaired) electrons. The Balaban J connectivity index is 0.00000162. The van der Waals surface area contributed by atoms with Crippen molar-refractivity contribution in [2.24, 2.45) is 0 Å². The molecule has 1 saturated heterocycles. The van der Waals surface area contributed by atoms with Gasteiger partial charge in [-0.15, -0.1) is 12.4 Å². The van der Waals surface area contributed by atoms with Gasteiger partial charge in [-0.05, 0) is 30.5 Å². The maximum Gasteiger partial charge on any atom is 0.0700 e. The van der Waals surface area contributed by atoms with Crippen molar-refractivity contribution in [1.82, 2.24) is 5.32 Å². The SMILES string of the molecule is CN(C)c1ccc(CNCC2CCCO2)cc1.Cl. The third-order valence-corrected chi connectivity index (χ3v) is 3.18. The molecule has 1 aliphatic rings. The Morgan fingerprint density at radius 2 is 2.00 bits per heavy atom. The molecule has 0 aromatic heterocycles. The molecule has 102 valence electrons. The quantitative estimate of drug-likeness (QED) is 0.890. The molecule has 0 amide bonds. The summed E-state index contributed by atoms with van der Waals surface area (Å²) in [6.07, 6.45) is 2.84. The van der Waals surface area contributed by atoms with E-state index in [-0.39, 0.29) is 12.4 Å². The van der Waals surface area contributed by atoms with Crippen molar-refractivity contribution in [3.8, 4) is 0 Å². The van der Waals surface area contributed by atoms with Crippen LogP contribution in [-0.4, -0.2) is 33.4 Å². The fourth-order valence-electron chi connectivity index (χ4n) is 2.09. The number of nitrogens with one attached hydrogen (secondary N) is 1. The molecule has 18 heavy (non-hydrogen) atoms. The van der Waals surface area contributed by atoms with E-state index >= 15 is 0 Å². The van der Waals surface area contributed by atoms with Gasteiger partial charge in [-0.3, -0.25) is 0 Å². The summed E-state index contributed by atoms with van der Waals surface area (Å²) in [5.41, 5.74) is 2.57. The number of anilines is 1. The minimum Gasteiger partial charge on any atom is -0.378 e. The van der Waals surface area contributed by atoms with Crippen molar-refractivity contribution in [2.75, 3.05) is 32.1 Å². The highest BCUT2D eigenvalue weighted by Gasteiger charge is 2.14. The summed E-state index contributed by atoms with van der Waals surface area (Å²) in [5.74, 6) is 0. The van der Waals surface area contributed by atoms with Gasteiger partial charge in [0.25, 0.3) is 0 Å². The number of hydrogen-bond donors (Lipinski definition) is 1. The van der Waals surface area contributed by atoms with Gasteiger partial charge in [0.2, 0.25) is 0 Å². The molecule has 0 aliphatic carbocycles. The van der Waals surface area contributed by atoms with Crippen molar-refractivity contribution >= 4 is 18.1 Å². The van der Waals surface area contributed by atoms with Crippen LogP contribution in [0.2, 0.25) is 0 Å². The summed E-state index contributed by atoms with van der Waals surface area (Å²) < 4.78 is 5.57. The first kappa shape index (κ1) is 15.3. The normalized spacial score (nSPS) is 18.4. The zero-order valence-corrected chi connectivity index (χ0v) is 12.0. The van der Waals surface area contributed by atoms with Crippen LogP contribution in [0.5, 0.6) is 0 Å². The van der Waals surface area contributed by atoms with Gasteiger partial charge in [-0.1, -0.05) is 12.1 Å². The second kappa shape index (κ2) is 7.62. The zero-order valence-electron chi connectivity index (χ0n) is 11.2. The molecule has 1 aliphatic heterocycles. The number of halogens is 1. The predicted molar refractivity (Wildman–Crippen MR) is 78.7 cm³/mol. The Hall–Kier alpha value is -0.770. The van der Waals surface area contributed by atoms with Crippen LogP contribution < -0.4 is 10.2 Å². The number of rotatable bonds is 5. The molecule has 1 unspecified atom stereocenters. The van der Waals surface area contributed by atoms with Gasteiger partial charge >= 0.3 is 0 Å². The van der Waals surface area contributed by atoms with E-state index < -0.39 is 0 Å². The maximum atomic E-state index is 5.57. The fourth-order valence-corrected chi connectivity index (χ4v) is 2.09. The molecule has 1 aromatic rings. The van der Waals surface area contributed by atoms with Gasteiger partial charge in [0, 0.05) is 39.5 Å². The topological polar surface area (TPSA) is 24.5 Å². The van der Waals surface area contributed by atoms with Crippen LogP contribution in [0.25, 0.3) is 0 Å². The molecule has 0 saturated carbocycles. The van der Waals surface area contributed by atoms with Gasteiger partial charge < -0.3 is 15.0 Å². The van der Waals surface area contributed by atoms with E-state index in [4.69, 9.17) is 4.74 Å². The lowest BCUT2D eigenvalue weighted by Gasteiger charge is -2.14. The molecule has 4 heteroatoms. The third-order valence-electron chi connectivity index (χ3n) is 3.18. The van der Waals surface area contributed by atoms with E-state index in [0.29, 0.717) is 6.10 Å². The van der Waals surface area contributed by atoms with Gasteiger partial charge in [0.05, 0.1) is 6.10 Å². The second-order valence-electron chi connectivity index (χ2n) is 4.83. The predicted octanol–water partition coefficient (Wildman–Crippen LogP) is 2.44. The van der Waals surface area contributed by atoms with E-state index in [2.05, 4.69) is 48.6 Å². The molecule has 1 heterocycles. The number of hydrogen-bond acceptors (Lipinski definition) is 3. The Bertz CT molecular complexity index is 334. The lowest BCUT2D eigenvalue weighted by atomic mass is 10.2. The highest BCUT2D eigenvalue weighted by atomic mass is 35.5. The highest BCUT2D eigenvalue weighted by molar-refractivity contribution is 5.85. The Labute approximate surface area is 116 Å². The van der Waals surface area contributed by atoms with Crippen molar-refractivity contribution < 1.29 is 4.74 Å². The summed E-state index contributed by atoms with van der Waals surface area (Å²) in [4.78, 5) is 2.11. The molecule has 1 atom stereocenters. The van der Waals surface area contributed by atoms with E-state index in [1.807, 2.05) is 0 Å². The molecule has 1 aromatic carbocycles. The van der Waals surface area contributed by atoms with Crippen molar-refractivity contribution in [3.63, 3.8) is 0 Å². The zero-order chi connectivity index (χ0) is 12.1. The number of benzene rings is 1. The fraction of sp³-hybridized carbons (Fsp3) is 0.571. The van der Waals surface area contributed by atoms with Crippen LogP contribution in [0.15, 0.2) is 24.3 Å². The van der Waals surface area contributed by atoms with Crippen molar-refractivity contribution in [1.29, 1.82) is 0 Å².